The van der Waals surface area contributed by atoms with E-state index >= 15 is 0 Å². The van der Waals surface area contributed by atoms with Crippen LogP contribution in [0.4, 0.5) is 0 Å². The second kappa shape index (κ2) is 3.38. The maximum Gasteiger partial charge on any atom is 0.119 e. The van der Waals surface area contributed by atoms with Crippen molar-refractivity contribution in [1.82, 2.24) is 0 Å². The molecule has 2 nitrogen and oxygen atoms in total. The van der Waals surface area contributed by atoms with Gasteiger partial charge in [0.2, 0.25) is 0 Å². The predicted octanol–water partition coefficient (Wildman–Crippen LogP) is 1.68. The second-order valence-corrected chi connectivity index (χ2v) is 3.54. The molecule has 1 atom stereocenters. The summed E-state index contributed by atoms with van der Waals surface area (Å²) in [7, 11) is 1.71. The third-order valence-corrected chi connectivity index (χ3v) is 2.84. The van der Waals surface area contributed by atoms with E-state index < -0.39 is 0 Å². The quantitative estimate of drug-likeness (QED) is 0.746. The summed E-state index contributed by atoms with van der Waals surface area (Å²) < 4.78 is 5.18. The molecule has 0 fully saturated rings. The SMILES string of the molecule is COc1ccc2c(c1)CCC2CN. The molecular formula is C11H15NO. The Balaban J connectivity index is 2.34. The monoisotopic (exact) mass is 177 g/mol. The molecule has 1 aromatic rings. The summed E-state index contributed by atoms with van der Waals surface area (Å²) in [5.41, 5.74) is 8.52. The van der Waals surface area contributed by atoms with Crippen LogP contribution in [-0.2, 0) is 6.42 Å². The van der Waals surface area contributed by atoms with Crippen LogP contribution in [0.2, 0.25) is 0 Å². The van der Waals surface area contributed by atoms with Gasteiger partial charge in [0, 0.05) is 0 Å². The molecule has 0 saturated heterocycles. The molecule has 1 unspecified atom stereocenters. The van der Waals surface area contributed by atoms with E-state index in [4.69, 9.17) is 10.5 Å². The van der Waals surface area contributed by atoms with Crippen molar-refractivity contribution < 1.29 is 4.74 Å². The van der Waals surface area contributed by atoms with Crippen molar-refractivity contribution in [2.24, 2.45) is 5.73 Å². The Kier molecular flexibility index (Phi) is 2.23. The van der Waals surface area contributed by atoms with E-state index in [-0.39, 0.29) is 0 Å². The third-order valence-electron chi connectivity index (χ3n) is 2.84. The number of nitrogens with two attached hydrogens (primary N) is 1. The van der Waals surface area contributed by atoms with Gasteiger partial charge < -0.3 is 10.5 Å². The van der Waals surface area contributed by atoms with Crippen LogP contribution < -0.4 is 10.5 Å². The molecule has 0 heterocycles. The predicted molar refractivity (Wildman–Crippen MR) is 53.1 cm³/mol. The van der Waals surface area contributed by atoms with Gasteiger partial charge in [-0.1, -0.05) is 6.07 Å². The Morgan fingerprint density at radius 3 is 3.08 bits per heavy atom. The first-order valence-electron chi connectivity index (χ1n) is 4.72. The fourth-order valence-electron chi connectivity index (χ4n) is 2.05. The van der Waals surface area contributed by atoms with Gasteiger partial charge >= 0.3 is 0 Å². The lowest BCUT2D eigenvalue weighted by Crippen LogP contribution is -2.09. The molecule has 2 N–H and O–H groups in total. The minimum absolute atomic E-state index is 0.570. The highest BCUT2D eigenvalue weighted by molar-refractivity contribution is 5.41. The fraction of sp³-hybridized carbons (Fsp3) is 0.455. The number of aryl methyl sites for hydroxylation is 1. The molecule has 0 aromatic heterocycles. The molecule has 0 spiro atoms. The number of rotatable bonds is 2. The average molecular weight is 177 g/mol. The van der Waals surface area contributed by atoms with Gasteiger partial charge in [0.25, 0.3) is 0 Å². The van der Waals surface area contributed by atoms with Gasteiger partial charge in [0.15, 0.2) is 0 Å². The molecular weight excluding hydrogens is 162 g/mol. The van der Waals surface area contributed by atoms with Crippen molar-refractivity contribution in [3.8, 4) is 5.75 Å². The summed E-state index contributed by atoms with van der Waals surface area (Å²) in [5.74, 6) is 1.53. The summed E-state index contributed by atoms with van der Waals surface area (Å²) >= 11 is 0. The summed E-state index contributed by atoms with van der Waals surface area (Å²) in [6, 6.07) is 6.30. The van der Waals surface area contributed by atoms with E-state index in [0.29, 0.717) is 5.92 Å². The van der Waals surface area contributed by atoms with Crippen LogP contribution in [-0.4, -0.2) is 13.7 Å². The van der Waals surface area contributed by atoms with Gasteiger partial charge in [0.05, 0.1) is 7.11 Å². The van der Waals surface area contributed by atoms with Crippen LogP contribution in [0, 0.1) is 0 Å². The summed E-state index contributed by atoms with van der Waals surface area (Å²) in [6.07, 6.45) is 2.34. The van der Waals surface area contributed by atoms with Crippen LogP contribution in [0.15, 0.2) is 18.2 Å². The van der Waals surface area contributed by atoms with Crippen molar-refractivity contribution >= 4 is 0 Å². The topological polar surface area (TPSA) is 35.2 Å². The van der Waals surface area contributed by atoms with Crippen LogP contribution in [0.1, 0.15) is 23.5 Å². The van der Waals surface area contributed by atoms with E-state index in [2.05, 4.69) is 12.1 Å². The first-order valence-corrected chi connectivity index (χ1v) is 4.72. The molecule has 13 heavy (non-hydrogen) atoms. The normalized spacial score (nSPS) is 20.0. The first-order chi connectivity index (χ1) is 6.35. The van der Waals surface area contributed by atoms with Crippen LogP contribution >= 0.6 is 0 Å². The molecule has 0 bridgehead atoms. The van der Waals surface area contributed by atoms with Gasteiger partial charge in [-0.05, 0) is 48.6 Å². The lowest BCUT2D eigenvalue weighted by molar-refractivity contribution is 0.414. The number of ether oxygens (including phenoxy) is 1. The number of fused-ring (bicyclic) bond motifs is 1. The molecule has 1 aliphatic carbocycles. The summed E-state index contributed by atoms with van der Waals surface area (Å²) in [4.78, 5) is 0. The molecule has 1 aliphatic rings. The lowest BCUT2D eigenvalue weighted by atomic mass is 10.0. The second-order valence-electron chi connectivity index (χ2n) is 3.54. The highest BCUT2D eigenvalue weighted by Gasteiger charge is 2.20. The number of hydrogen-bond donors (Lipinski definition) is 1. The van der Waals surface area contributed by atoms with Crippen molar-refractivity contribution in [1.29, 1.82) is 0 Å². The van der Waals surface area contributed by atoms with Crippen LogP contribution in [0.25, 0.3) is 0 Å². The van der Waals surface area contributed by atoms with Crippen molar-refractivity contribution in [2.75, 3.05) is 13.7 Å². The van der Waals surface area contributed by atoms with Crippen LogP contribution in [0.5, 0.6) is 5.75 Å². The maximum atomic E-state index is 5.69. The minimum Gasteiger partial charge on any atom is -0.497 e. The maximum absolute atomic E-state index is 5.69. The molecule has 2 rings (SSSR count). The standard InChI is InChI=1S/C11H15NO/c1-13-10-4-5-11-8(6-10)2-3-9(11)7-12/h4-6,9H,2-3,7,12H2,1H3. The number of methoxy groups -OCH3 is 1. The Labute approximate surface area is 78.7 Å². The molecule has 70 valence electrons. The van der Waals surface area contributed by atoms with Gasteiger partial charge in [-0.3, -0.25) is 0 Å². The molecule has 0 saturated carbocycles. The Morgan fingerprint density at radius 2 is 2.38 bits per heavy atom. The highest BCUT2D eigenvalue weighted by Crippen LogP contribution is 2.34. The van der Waals surface area contributed by atoms with Gasteiger partial charge in [-0.2, -0.15) is 0 Å². The molecule has 1 aromatic carbocycles. The van der Waals surface area contributed by atoms with E-state index in [1.807, 2.05) is 6.07 Å². The fourth-order valence-corrected chi connectivity index (χ4v) is 2.05. The van der Waals surface area contributed by atoms with Crippen LogP contribution in [0.3, 0.4) is 0 Å². The lowest BCUT2D eigenvalue weighted by Gasteiger charge is -2.08. The Bertz CT molecular complexity index is 309. The van der Waals surface area contributed by atoms with E-state index in [1.165, 1.54) is 17.5 Å². The zero-order valence-corrected chi connectivity index (χ0v) is 7.92. The largest absolute Gasteiger partial charge is 0.497 e. The number of hydrogen-bond acceptors (Lipinski definition) is 2. The first kappa shape index (κ1) is 8.57. The molecule has 0 aliphatic heterocycles. The van der Waals surface area contributed by atoms with Gasteiger partial charge in [-0.15, -0.1) is 0 Å². The van der Waals surface area contributed by atoms with Crippen molar-refractivity contribution in [2.45, 2.75) is 18.8 Å². The molecule has 0 amide bonds. The smallest absolute Gasteiger partial charge is 0.119 e. The molecule has 2 heteroatoms. The van der Waals surface area contributed by atoms with E-state index in [1.54, 1.807) is 7.11 Å². The Hall–Kier alpha value is -1.02. The minimum atomic E-state index is 0.570. The highest BCUT2D eigenvalue weighted by atomic mass is 16.5. The van der Waals surface area contributed by atoms with E-state index in [0.717, 1.165) is 18.7 Å². The van der Waals surface area contributed by atoms with Crippen molar-refractivity contribution in [3.05, 3.63) is 29.3 Å². The zero-order chi connectivity index (χ0) is 9.26. The third kappa shape index (κ3) is 1.42. The Morgan fingerprint density at radius 1 is 1.54 bits per heavy atom. The average Bonchev–Trinajstić information content (AvgIpc) is 2.59. The summed E-state index contributed by atoms with van der Waals surface area (Å²) in [5, 5.41) is 0. The zero-order valence-electron chi connectivity index (χ0n) is 7.92. The summed E-state index contributed by atoms with van der Waals surface area (Å²) in [6.45, 7) is 0.763. The van der Waals surface area contributed by atoms with Gasteiger partial charge in [-0.25, -0.2) is 0 Å². The molecule has 0 radical (unpaired) electrons. The van der Waals surface area contributed by atoms with E-state index in [9.17, 15) is 0 Å². The number of benzene rings is 1. The van der Waals surface area contributed by atoms with Gasteiger partial charge in [0.1, 0.15) is 5.75 Å². The van der Waals surface area contributed by atoms with Crippen molar-refractivity contribution in [3.63, 3.8) is 0 Å².